The van der Waals surface area contributed by atoms with Crippen LogP contribution in [0.15, 0.2) is 16.3 Å². The fourth-order valence-corrected chi connectivity index (χ4v) is 7.57. The summed E-state index contributed by atoms with van der Waals surface area (Å²) < 4.78 is 0. The standard InChI is InChI=1S/C22H30ClNO2/c1-14-16-5-4-15-17(20(16,2)9-8-19(14)24-26)6-10-21(3)18(15)7-11-22(21,25)12-13-23/h15,17-18,25-26H,4-11H2,1-3H3/b24-19+/t15-,17+,18+,20+,21+,22-/m1/s1. The molecule has 2 N–H and O–H groups in total. The van der Waals surface area contributed by atoms with Crippen LogP contribution in [0.25, 0.3) is 0 Å². The zero-order valence-corrected chi connectivity index (χ0v) is 16.9. The number of fused-ring (bicyclic) bond motifs is 5. The monoisotopic (exact) mass is 375 g/mol. The lowest BCUT2D eigenvalue weighted by Gasteiger charge is -2.59. The molecular formula is C22H30ClNO2. The summed E-state index contributed by atoms with van der Waals surface area (Å²) in [6.45, 7) is 6.83. The quantitative estimate of drug-likeness (QED) is 0.351. The molecule has 4 aliphatic rings. The van der Waals surface area contributed by atoms with Gasteiger partial charge in [0.2, 0.25) is 0 Å². The number of nitrogens with zero attached hydrogens (tertiary/aromatic N) is 1. The van der Waals surface area contributed by atoms with E-state index in [9.17, 15) is 10.3 Å². The average Bonchev–Trinajstić information content (AvgIpc) is 2.87. The first-order chi connectivity index (χ1) is 12.3. The first kappa shape index (κ1) is 18.4. The molecule has 0 unspecified atom stereocenters. The van der Waals surface area contributed by atoms with Crippen LogP contribution in [0.2, 0.25) is 0 Å². The van der Waals surface area contributed by atoms with Gasteiger partial charge in [-0.15, -0.1) is 0 Å². The summed E-state index contributed by atoms with van der Waals surface area (Å²) in [5.41, 5.74) is 2.76. The molecule has 0 bridgehead atoms. The van der Waals surface area contributed by atoms with Crippen LogP contribution in [0, 0.1) is 39.9 Å². The summed E-state index contributed by atoms with van der Waals surface area (Å²) in [7, 11) is 0. The Morgan fingerprint density at radius 3 is 2.50 bits per heavy atom. The van der Waals surface area contributed by atoms with Crippen LogP contribution < -0.4 is 0 Å². The van der Waals surface area contributed by atoms with E-state index in [2.05, 4.69) is 37.2 Å². The van der Waals surface area contributed by atoms with Crippen molar-refractivity contribution in [1.29, 1.82) is 0 Å². The molecule has 0 amide bonds. The summed E-state index contributed by atoms with van der Waals surface area (Å²) in [5, 5.41) is 26.6. The first-order valence-corrected chi connectivity index (χ1v) is 10.5. The Hall–Kier alpha value is -0.980. The van der Waals surface area contributed by atoms with Crippen LogP contribution in [-0.2, 0) is 0 Å². The molecule has 0 saturated heterocycles. The van der Waals surface area contributed by atoms with E-state index in [1.165, 1.54) is 17.6 Å². The van der Waals surface area contributed by atoms with E-state index in [-0.39, 0.29) is 10.8 Å². The maximum Gasteiger partial charge on any atom is 0.132 e. The fraction of sp³-hybridized carbons (Fsp3) is 0.773. The van der Waals surface area contributed by atoms with Gasteiger partial charge < -0.3 is 10.3 Å². The molecule has 4 rings (SSSR count). The maximum atomic E-state index is 11.2. The van der Waals surface area contributed by atoms with Crippen molar-refractivity contribution in [3.05, 3.63) is 11.1 Å². The molecule has 3 nitrogen and oxygen atoms in total. The molecule has 0 aliphatic heterocycles. The molecule has 0 aromatic heterocycles. The van der Waals surface area contributed by atoms with Crippen LogP contribution >= 0.6 is 11.6 Å². The van der Waals surface area contributed by atoms with E-state index >= 15 is 0 Å². The molecule has 0 aromatic carbocycles. The number of hydrogen-bond donors (Lipinski definition) is 2. The Morgan fingerprint density at radius 1 is 1.08 bits per heavy atom. The molecule has 3 saturated carbocycles. The highest BCUT2D eigenvalue weighted by molar-refractivity contribution is 6.30. The summed E-state index contributed by atoms with van der Waals surface area (Å²) in [4.78, 5) is 0. The Bertz CT molecular complexity index is 747. The fourth-order valence-electron chi connectivity index (χ4n) is 7.42. The molecule has 26 heavy (non-hydrogen) atoms. The van der Waals surface area contributed by atoms with Gasteiger partial charge in [0, 0.05) is 10.8 Å². The van der Waals surface area contributed by atoms with Crippen LogP contribution in [-0.4, -0.2) is 21.6 Å². The van der Waals surface area contributed by atoms with Crippen molar-refractivity contribution in [3.63, 3.8) is 0 Å². The van der Waals surface area contributed by atoms with Gasteiger partial charge in [-0.1, -0.05) is 30.5 Å². The van der Waals surface area contributed by atoms with Gasteiger partial charge in [-0.25, -0.2) is 0 Å². The lowest BCUT2D eigenvalue weighted by Crippen LogP contribution is -2.54. The van der Waals surface area contributed by atoms with Crippen molar-refractivity contribution in [2.45, 2.75) is 77.7 Å². The van der Waals surface area contributed by atoms with Crippen molar-refractivity contribution in [3.8, 4) is 11.3 Å². The molecule has 6 atom stereocenters. The third-order valence-electron chi connectivity index (χ3n) is 8.97. The van der Waals surface area contributed by atoms with E-state index in [1.54, 1.807) is 0 Å². The largest absolute Gasteiger partial charge is 0.411 e. The lowest BCUT2D eigenvalue weighted by atomic mass is 9.46. The molecule has 142 valence electrons. The number of allylic oxidation sites excluding steroid dienone is 2. The van der Waals surface area contributed by atoms with Gasteiger partial charge in [-0.05, 0) is 98.6 Å². The smallest absolute Gasteiger partial charge is 0.132 e. The van der Waals surface area contributed by atoms with Crippen LogP contribution in [0.3, 0.4) is 0 Å². The van der Waals surface area contributed by atoms with Gasteiger partial charge in [0.05, 0.1) is 5.71 Å². The van der Waals surface area contributed by atoms with Gasteiger partial charge in [-0.2, -0.15) is 0 Å². The summed E-state index contributed by atoms with van der Waals surface area (Å²) in [6.07, 6.45) is 8.18. The van der Waals surface area contributed by atoms with Crippen molar-refractivity contribution in [1.82, 2.24) is 0 Å². The van der Waals surface area contributed by atoms with Crippen LogP contribution in [0.4, 0.5) is 0 Å². The Morgan fingerprint density at radius 2 is 1.81 bits per heavy atom. The zero-order valence-electron chi connectivity index (χ0n) is 16.1. The summed E-state index contributed by atoms with van der Waals surface area (Å²) in [5.74, 6) is 4.79. The Labute approximate surface area is 161 Å². The second kappa shape index (κ2) is 6.01. The molecule has 0 heterocycles. The zero-order chi connectivity index (χ0) is 18.7. The van der Waals surface area contributed by atoms with Crippen molar-refractivity contribution in [2.75, 3.05) is 0 Å². The van der Waals surface area contributed by atoms with E-state index in [0.717, 1.165) is 50.7 Å². The molecule has 0 aromatic rings. The number of hydrogen-bond acceptors (Lipinski definition) is 3. The third-order valence-corrected chi connectivity index (χ3v) is 9.06. The highest BCUT2D eigenvalue weighted by Crippen LogP contribution is 2.67. The van der Waals surface area contributed by atoms with Gasteiger partial charge in [-0.3, -0.25) is 0 Å². The topological polar surface area (TPSA) is 52.8 Å². The number of oxime groups is 1. The molecular weight excluding hydrogens is 346 g/mol. The average molecular weight is 376 g/mol. The SMILES string of the molecule is CC1=C2CC[C@@H]3[C@H](CC[C@@]4(C)[C@H]3CC[C@@]4(O)C#CCl)[C@@]2(C)CC/C1=N\O. The minimum atomic E-state index is -0.930. The second-order valence-electron chi connectivity index (χ2n) is 9.56. The number of rotatable bonds is 0. The van der Waals surface area contributed by atoms with E-state index in [4.69, 9.17) is 11.6 Å². The first-order valence-electron chi connectivity index (χ1n) is 10.1. The van der Waals surface area contributed by atoms with E-state index < -0.39 is 5.60 Å². The van der Waals surface area contributed by atoms with Gasteiger partial charge in [0.25, 0.3) is 0 Å². The van der Waals surface area contributed by atoms with Crippen molar-refractivity contribution < 1.29 is 10.3 Å². The molecule has 4 heteroatoms. The predicted molar refractivity (Wildman–Crippen MR) is 104 cm³/mol. The van der Waals surface area contributed by atoms with Gasteiger partial charge in [0.1, 0.15) is 5.60 Å². The lowest BCUT2D eigenvalue weighted by molar-refractivity contribution is -0.0989. The summed E-state index contributed by atoms with van der Waals surface area (Å²) in [6, 6.07) is 0. The molecule has 0 spiro atoms. The number of aliphatic hydroxyl groups is 1. The third kappa shape index (κ3) is 2.21. The van der Waals surface area contributed by atoms with Crippen LogP contribution in [0.1, 0.15) is 72.1 Å². The predicted octanol–water partition coefficient (Wildman–Crippen LogP) is 5.10. The minimum Gasteiger partial charge on any atom is -0.411 e. The van der Waals surface area contributed by atoms with Crippen molar-refractivity contribution in [2.24, 2.45) is 33.7 Å². The molecule has 4 aliphatic carbocycles. The van der Waals surface area contributed by atoms with Gasteiger partial charge in [0.15, 0.2) is 0 Å². The van der Waals surface area contributed by atoms with Crippen LogP contribution in [0.5, 0.6) is 0 Å². The van der Waals surface area contributed by atoms with E-state index in [1.807, 2.05) is 0 Å². The second-order valence-corrected chi connectivity index (χ2v) is 9.75. The van der Waals surface area contributed by atoms with E-state index in [0.29, 0.717) is 17.8 Å². The normalized spacial score (nSPS) is 49.1. The Balaban J connectivity index is 1.71. The van der Waals surface area contributed by atoms with Crippen molar-refractivity contribution >= 4 is 17.3 Å². The molecule has 3 fully saturated rings. The highest BCUT2D eigenvalue weighted by atomic mass is 35.5. The Kier molecular flexibility index (Phi) is 4.25. The number of halogens is 1. The molecule has 0 radical (unpaired) electrons. The minimum absolute atomic E-state index is 0.144. The maximum absolute atomic E-state index is 11.2. The highest BCUT2D eigenvalue weighted by Gasteiger charge is 2.63. The van der Waals surface area contributed by atoms with Gasteiger partial charge >= 0.3 is 0 Å². The summed E-state index contributed by atoms with van der Waals surface area (Å²) >= 11 is 5.70.